The van der Waals surface area contributed by atoms with Gasteiger partial charge in [-0.1, -0.05) is 18.2 Å². The number of benzene rings is 1. The van der Waals surface area contributed by atoms with Crippen molar-refractivity contribution >= 4 is 22.9 Å². The number of fused-ring (bicyclic) bond motifs is 1. The zero-order valence-corrected chi connectivity index (χ0v) is 11.3. The van der Waals surface area contributed by atoms with Gasteiger partial charge in [0.1, 0.15) is 0 Å². The topological polar surface area (TPSA) is 0 Å². The van der Waals surface area contributed by atoms with Crippen molar-refractivity contribution < 1.29 is 0 Å². The lowest BCUT2D eigenvalue weighted by molar-refractivity contribution is 0.686. The smallest absolute Gasteiger partial charge is 0.0488 e. The molecule has 0 fully saturated rings. The first-order valence-electron chi connectivity index (χ1n) is 6.11. The molecule has 0 saturated carbocycles. The quantitative estimate of drug-likeness (QED) is 0.666. The largest absolute Gasteiger partial charge is 0.151 e. The highest BCUT2D eigenvalue weighted by atomic mass is 35.5. The van der Waals surface area contributed by atoms with E-state index in [0.29, 0.717) is 5.88 Å². The SMILES string of the molecule is ClCc1cscc1-c1ccc2c(c1)CCCC2. The number of thiophene rings is 1. The average Bonchev–Trinajstić information content (AvgIpc) is 2.86. The molecule has 88 valence electrons. The number of alkyl halides is 1. The molecule has 0 N–H and O–H groups in total. The number of rotatable bonds is 2. The number of aryl methyl sites for hydroxylation is 2. The zero-order chi connectivity index (χ0) is 11.7. The highest BCUT2D eigenvalue weighted by Gasteiger charge is 2.12. The van der Waals surface area contributed by atoms with Gasteiger partial charge in [-0.15, -0.1) is 11.6 Å². The van der Waals surface area contributed by atoms with Crippen molar-refractivity contribution in [3.8, 4) is 11.1 Å². The van der Waals surface area contributed by atoms with E-state index in [4.69, 9.17) is 11.6 Å². The van der Waals surface area contributed by atoms with Gasteiger partial charge in [0.05, 0.1) is 0 Å². The highest BCUT2D eigenvalue weighted by molar-refractivity contribution is 7.08. The Morgan fingerprint density at radius 2 is 1.88 bits per heavy atom. The molecule has 1 aromatic heterocycles. The van der Waals surface area contributed by atoms with Gasteiger partial charge in [0.2, 0.25) is 0 Å². The van der Waals surface area contributed by atoms with Crippen LogP contribution in [0.3, 0.4) is 0 Å². The Kier molecular flexibility index (Phi) is 3.21. The van der Waals surface area contributed by atoms with Crippen LogP contribution in [0.15, 0.2) is 29.0 Å². The molecule has 1 aromatic carbocycles. The normalized spacial score (nSPS) is 14.6. The Hall–Kier alpha value is -0.790. The van der Waals surface area contributed by atoms with Crippen molar-refractivity contribution in [1.29, 1.82) is 0 Å². The Morgan fingerprint density at radius 3 is 2.71 bits per heavy atom. The predicted octanol–water partition coefficient (Wildman–Crippen LogP) is 5.03. The molecule has 1 heterocycles. The van der Waals surface area contributed by atoms with E-state index in [1.807, 2.05) is 0 Å². The molecule has 0 aliphatic heterocycles. The van der Waals surface area contributed by atoms with Gasteiger partial charge in [-0.2, -0.15) is 11.3 Å². The van der Waals surface area contributed by atoms with E-state index in [2.05, 4.69) is 29.0 Å². The summed E-state index contributed by atoms with van der Waals surface area (Å²) in [6.07, 6.45) is 5.17. The number of hydrogen-bond acceptors (Lipinski definition) is 1. The fourth-order valence-electron chi connectivity index (χ4n) is 2.58. The van der Waals surface area contributed by atoms with Crippen molar-refractivity contribution in [2.24, 2.45) is 0 Å². The van der Waals surface area contributed by atoms with Crippen LogP contribution in [-0.2, 0) is 18.7 Å². The highest BCUT2D eigenvalue weighted by Crippen LogP contribution is 2.32. The van der Waals surface area contributed by atoms with Crippen LogP contribution in [0.2, 0.25) is 0 Å². The van der Waals surface area contributed by atoms with Crippen LogP contribution in [0, 0.1) is 0 Å². The van der Waals surface area contributed by atoms with Crippen LogP contribution >= 0.6 is 22.9 Å². The summed E-state index contributed by atoms with van der Waals surface area (Å²) >= 11 is 7.71. The summed E-state index contributed by atoms with van der Waals surface area (Å²) in [5.74, 6) is 0.607. The minimum atomic E-state index is 0.607. The molecule has 0 radical (unpaired) electrons. The number of hydrogen-bond donors (Lipinski definition) is 0. The molecule has 2 aromatic rings. The van der Waals surface area contributed by atoms with Crippen LogP contribution in [0.4, 0.5) is 0 Å². The fourth-order valence-corrected chi connectivity index (χ4v) is 3.76. The Balaban J connectivity index is 2.04. The molecule has 17 heavy (non-hydrogen) atoms. The van der Waals surface area contributed by atoms with E-state index in [1.165, 1.54) is 42.4 Å². The van der Waals surface area contributed by atoms with Crippen LogP contribution in [0.25, 0.3) is 11.1 Å². The third-order valence-corrected chi connectivity index (χ3v) is 4.63. The van der Waals surface area contributed by atoms with Crippen LogP contribution in [0.1, 0.15) is 29.5 Å². The van der Waals surface area contributed by atoms with Gasteiger partial charge in [0, 0.05) is 5.88 Å². The van der Waals surface area contributed by atoms with Crippen molar-refractivity contribution in [2.45, 2.75) is 31.6 Å². The third kappa shape index (κ3) is 2.14. The summed E-state index contributed by atoms with van der Waals surface area (Å²) in [5, 5.41) is 4.37. The van der Waals surface area contributed by atoms with Gasteiger partial charge >= 0.3 is 0 Å². The fraction of sp³-hybridized carbons (Fsp3) is 0.333. The monoisotopic (exact) mass is 262 g/mol. The first-order valence-corrected chi connectivity index (χ1v) is 7.59. The third-order valence-electron chi connectivity index (χ3n) is 3.55. The van der Waals surface area contributed by atoms with Crippen molar-refractivity contribution in [1.82, 2.24) is 0 Å². The molecule has 1 aliphatic rings. The molecular formula is C15H15ClS. The average molecular weight is 263 g/mol. The molecule has 0 amide bonds. The Bertz CT molecular complexity index is 527. The van der Waals surface area contributed by atoms with E-state index in [-0.39, 0.29) is 0 Å². The summed E-state index contributed by atoms with van der Waals surface area (Å²) in [6, 6.07) is 6.92. The maximum atomic E-state index is 5.97. The second-order valence-corrected chi connectivity index (χ2v) is 5.65. The van der Waals surface area contributed by atoms with E-state index in [0.717, 1.165) is 0 Å². The summed E-state index contributed by atoms with van der Waals surface area (Å²) in [5.41, 5.74) is 7.00. The van der Waals surface area contributed by atoms with Crippen molar-refractivity contribution in [2.75, 3.05) is 0 Å². The maximum Gasteiger partial charge on any atom is 0.0488 e. The summed E-state index contributed by atoms with van der Waals surface area (Å²) in [4.78, 5) is 0. The summed E-state index contributed by atoms with van der Waals surface area (Å²) in [6.45, 7) is 0. The van der Waals surface area contributed by atoms with Crippen molar-refractivity contribution in [3.05, 3.63) is 45.6 Å². The molecule has 1 aliphatic carbocycles. The maximum absolute atomic E-state index is 5.97. The minimum absolute atomic E-state index is 0.607. The minimum Gasteiger partial charge on any atom is -0.151 e. The molecule has 0 spiro atoms. The standard InChI is InChI=1S/C15H15ClS/c16-8-14-9-17-10-15(14)13-6-5-11-3-1-2-4-12(11)7-13/h5-7,9-10H,1-4,8H2. The molecule has 0 saturated heterocycles. The van der Waals surface area contributed by atoms with E-state index in [9.17, 15) is 0 Å². The van der Waals surface area contributed by atoms with Crippen LogP contribution < -0.4 is 0 Å². The molecule has 2 heteroatoms. The predicted molar refractivity (Wildman–Crippen MR) is 76.0 cm³/mol. The second kappa shape index (κ2) is 4.83. The lowest BCUT2D eigenvalue weighted by Crippen LogP contribution is -2.02. The molecule has 3 rings (SSSR count). The van der Waals surface area contributed by atoms with Crippen LogP contribution in [0.5, 0.6) is 0 Å². The van der Waals surface area contributed by atoms with Gasteiger partial charge in [-0.25, -0.2) is 0 Å². The zero-order valence-electron chi connectivity index (χ0n) is 9.71. The first-order chi connectivity index (χ1) is 8.38. The lowest BCUT2D eigenvalue weighted by Gasteiger charge is -2.16. The second-order valence-electron chi connectivity index (χ2n) is 4.63. The molecule has 0 nitrogen and oxygen atoms in total. The summed E-state index contributed by atoms with van der Waals surface area (Å²) in [7, 11) is 0. The molecular weight excluding hydrogens is 248 g/mol. The van der Waals surface area contributed by atoms with Gasteiger partial charge < -0.3 is 0 Å². The first kappa shape index (κ1) is 11.3. The summed E-state index contributed by atoms with van der Waals surface area (Å²) < 4.78 is 0. The Morgan fingerprint density at radius 1 is 1.06 bits per heavy atom. The van der Waals surface area contributed by atoms with Gasteiger partial charge in [-0.05, 0) is 64.3 Å². The van der Waals surface area contributed by atoms with E-state index < -0.39 is 0 Å². The lowest BCUT2D eigenvalue weighted by atomic mass is 9.89. The van der Waals surface area contributed by atoms with Gasteiger partial charge in [0.25, 0.3) is 0 Å². The molecule has 0 bridgehead atoms. The molecule has 0 unspecified atom stereocenters. The number of halogens is 1. The van der Waals surface area contributed by atoms with E-state index >= 15 is 0 Å². The Labute approximate surface area is 111 Å². The van der Waals surface area contributed by atoms with Crippen LogP contribution in [-0.4, -0.2) is 0 Å². The van der Waals surface area contributed by atoms with Gasteiger partial charge in [0.15, 0.2) is 0 Å². The van der Waals surface area contributed by atoms with Crippen molar-refractivity contribution in [3.63, 3.8) is 0 Å². The van der Waals surface area contributed by atoms with Gasteiger partial charge in [-0.3, -0.25) is 0 Å². The molecule has 0 atom stereocenters. The van der Waals surface area contributed by atoms with E-state index in [1.54, 1.807) is 22.5 Å².